The Morgan fingerprint density at radius 2 is 2.13 bits per heavy atom. The monoisotopic (exact) mass is 493 g/mol. The van der Waals surface area contributed by atoms with Crippen molar-refractivity contribution in [3.05, 3.63) is 44.9 Å². The first-order chi connectivity index (χ1) is 14.5. The number of hydrogen-bond acceptors (Lipinski definition) is 7. The number of halogens is 1. The summed E-state index contributed by atoms with van der Waals surface area (Å²) in [6, 6.07) is 9.22. The number of methoxy groups -OCH3 is 1. The topological polar surface area (TPSA) is 109 Å². The van der Waals surface area contributed by atoms with Gasteiger partial charge in [0.1, 0.15) is 5.92 Å². The summed E-state index contributed by atoms with van der Waals surface area (Å²) >= 11 is 4.48. The molecular weight excluding hydrogens is 474 g/mol. The molecule has 0 bridgehead atoms. The van der Waals surface area contributed by atoms with Crippen molar-refractivity contribution in [1.29, 1.82) is 5.26 Å². The zero-order chi connectivity index (χ0) is 21.7. The van der Waals surface area contributed by atoms with Gasteiger partial charge in [-0.05, 0) is 17.7 Å². The van der Waals surface area contributed by atoms with Crippen LogP contribution < -0.4 is 5.32 Å². The predicted octanol–water partition coefficient (Wildman–Crippen LogP) is 1.78. The van der Waals surface area contributed by atoms with Crippen molar-refractivity contribution in [3.8, 4) is 6.07 Å². The number of carbonyl (C=O) groups is 3. The van der Waals surface area contributed by atoms with Gasteiger partial charge in [-0.15, -0.1) is 0 Å². The van der Waals surface area contributed by atoms with Crippen LogP contribution >= 0.6 is 27.7 Å². The third-order valence-corrected chi connectivity index (χ3v) is 6.39. The van der Waals surface area contributed by atoms with Gasteiger partial charge in [0.05, 0.1) is 42.7 Å². The second-order valence-electron chi connectivity index (χ2n) is 6.66. The van der Waals surface area contributed by atoms with Gasteiger partial charge in [0.15, 0.2) is 0 Å². The van der Waals surface area contributed by atoms with E-state index in [1.165, 1.54) is 7.11 Å². The molecule has 1 saturated heterocycles. The lowest BCUT2D eigenvalue weighted by molar-refractivity contribution is -0.150. The van der Waals surface area contributed by atoms with Gasteiger partial charge in [0.2, 0.25) is 11.8 Å². The molecule has 158 valence electrons. The van der Waals surface area contributed by atoms with Crippen LogP contribution in [0.25, 0.3) is 0 Å². The van der Waals surface area contributed by atoms with Gasteiger partial charge < -0.3 is 19.7 Å². The molecule has 0 radical (unpaired) electrons. The number of morpholine rings is 1. The molecule has 0 unspecified atom stereocenters. The number of allylic oxidation sites excluding steroid dienone is 1. The van der Waals surface area contributed by atoms with E-state index in [4.69, 9.17) is 9.47 Å². The van der Waals surface area contributed by atoms with E-state index in [9.17, 15) is 19.6 Å². The zero-order valence-electron chi connectivity index (χ0n) is 16.2. The van der Waals surface area contributed by atoms with Crippen LogP contribution in [0.15, 0.2) is 39.3 Å². The lowest BCUT2D eigenvalue weighted by Gasteiger charge is -2.31. The average molecular weight is 494 g/mol. The van der Waals surface area contributed by atoms with Crippen molar-refractivity contribution in [3.63, 3.8) is 0 Å². The van der Waals surface area contributed by atoms with Crippen LogP contribution in [-0.4, -0.2) is 61.8 Å². The van der Waals surface area contributed by atoms with Crippen molar-refractivity contribution in [2.45, 2.75) is 5.92 Å². The standard InChI is InChI=1S/C20H20BrN3O5S/c1-28-20(27)17-16(12-3-2-4-13(21)9-12)14(10-22)19(23-18(17)26)30-11-15(25)24-5-7-29-8-6-24/h2-4,9,16-17H,5-8,11H2,1H3,(H,23,26)/t16-,17-/m0/s1. The molecule has 2 amide bonds. The van der Waals surface area contributed by atoms with Crippen LogP contribution in [0.5, 0.6) is 0 Å². The Balaban J connectivity index is 1.92. The summed E-state index contributed by atoms with van der Waals surface area (Å²) in [5, 5.41) is 12.8. The quantitative estimate of drug-likeness (QED) is 0.491. The highest BCUT2D eigenvalue weighted by Crippen LogP contribution is 2.40. The average Bonchev–Trinajstić information content (AvgIpc) is 2.76. The Kier molecular flexibility index (Phi) is 7.53. The van der Waals surface area contributed by atoms with E-state index in [-0.39, 0.29) is 22.3 Å². The fourth-order valence-electron chi connectivity index (χ4n) is 3.42. The highest BCUT2D eigenvalue weighted by atomic mass is 79.9. The second kappa shape index (κ2) is 10.1. The molecule has 0 aromatic heterocycles. The van der Waals surface area contributed by atoms with E-state index < -0.39 is 23.7 Å². The summed E-state index contributed by atoms with van der Waals surface area (Å²) in [6.07, 6.45) is 0. The highest BCUT2D eigenvalue weighted by molar-refractivity contribution is 9.10. The van der Waals surface area contributed by atoms with E-state index in [2.05, 4.69) is 27.3 Å². The summed E-state index contributed by atoms with van der Waals surface area (Å²) in [5.74, 6) is -3.33. The van der Waals surface area contributed by atoms with Crippen molar-refractivity contribution in [1.82, 2.24) is 10.2 Å². The third kappa shape index (κ3) is 4.86. The van der Waals surface area contributed by atoms with Crippen LogP contribution in [0.4, 0.5) is 0 Å². The first-order valence-electron chi connectivity index (χ1n) is 9.23. The van der Waals surface area contributed by atoms with E-state index in [0.29, 0.717) is 31.9 Å². The maximum Gasteiger partial charge on any atom is 0.319 e. The fourth-order valence-corrected chi connectivity index (χ4v) is 4.79. The Hall–Kier alpha value is -2.35. The first kappa shape index (κ1) is 22.3. The lowest BCUT2D eigenvalue weighted by Crippen LogP contribution is -2.45. The number of nitriles is 1. The number of carbonyl (C=O) groups excluding carboxylic acids is 3. The minimum absolute atomic E-state index is 0.0644. The molecule has 1 aromatic carbocycles. The molecule has 2 atom stereocenters. The molecule has 1 aromatic rings. The third-order valence-electron chi connectivity index (χ3n) is 4.90. The molecule has 10 heteroatoms. The second-order valence-corrected chi connectivity index (χ2v) is 8.56. The number of rotatable bonds is 5. The summed E-state index contributed by atoms with van der Waals surface area (Å²) in [5.41, 5.74) is 0.853. The smallest absolute Gasteiger partial charge is 0.319 e. The molecule has 2 aliphatic rings. The molecule has 2 heterocycles. The fraction of sp³-hybridized carbons (Fsp3) is 0.400. The van der Waals surface area contributed by atoms with Crippen molar-refractivity contribution >= 4 is 45.5 Å². The molecule has 3 rings (SSSR count). The zero-order valence-corrected chi connectivity index (χ0v) is 18.6. The molecule has 0 spiro atoms. The van der Waals surface area contributed by atoms with E-state index in [1.807, 2.05) is 6.07 Å². The number of ether oxygens (including phenoxy) is 2. The maximum absolute atomic E-state index is 12.8. The van der Waals surface area contributed by atoms with Crippen LogP contribution in [0.2, 0.25) is 0 Å². The van der Waals surface area contributed by atoms with Crippen LogP contribution in [-0.2, 0) is 23.9 Å². The van der Waals surface area contributed by atoms with Gasteiger partial charge in [0.25, 0.3) is 0 Å². The Labute approximate surface area is 186 Å². The Bertz CT molecular complexity index is 923. The van der Waals surface area contributed by atoms with Crippen LogP contribution in [0, 0.1) is 17.2 Å². The lowest BCUT2D eigenvalue weighted by atomic mass is 9.78. The van der Waals surface area contributed by atoms with E-state index >= 15 is 0 Å². The number of thioether (sulfide) groups is 1. The number of esters is 1. The molecule has 8 nitrogen and oxygen atoms in total. The van der Waals surface area contributed by atoms with Gasteiger partial charge >= 0.3 is 5.97 Å². The van der Waals surface area contributed by atoms with E-state index in [1.54, 1.807) is 23.1 Å². The van der Waals surface area contributed by atoms with Crippen molar-refractivity contribution in [2.75, 3.05) is 39.2 Å². The van der Waals surface area contributed by atoms with Crippen LogP contribution in [0.1, 0.15) is 11.5 Å². The van der Waals surface area contributed by atoms with Gasteiger partial charge in [-0.1, -0.05) is 39.8 Å². The summed E-state index contributed by atoms with van der Waals surface area (Å²) < 4.78 is 10.8. The molecule has 1 N–H and O–H groups in total. The summed E-state index contributed by atoms with van der Waals surface area (Å²) in [4.78, 5) is 39.3. The Morgan fingerprint density at radius 3 is 2.77 bits per heavy atom. The number of amides is 2. The first-order valence-corrected chi connectivity index (χ1v) is 11.0. The van der Waals surface area contributed by atoms with Crippen molar-refractivity contribution < 1.29 is 23.9 Å². The SMILES string of the molecule is COC(=O)[C@@H]1C(=O)NC(SCC(=O)N2CCOCC2)=C(C#N)[C@@H]1c1cccc(Br)c1. The number of nitrogens with zero attached hydrogens (tertiary/aromatic N) is 2. The highest BCUT2D eigenvalue weighted by Gasteiger charge is 2.44. The van der Waals surface area contributed by atoms with Gasteiger partial charge in [0, 0.05) is 23.5 Å². The minimum atomic E-state index is -1.20. The molecular formula is C20H20BrN3O5S. The molecule has 2 aliphatic heterocycles. The number of nitrogens with one attached hydrogen (secondary N) is 1. The van der Waals surface area contributed by atoms with Crippen LogP contribution in [0.3, 0.4) is 0 Å². The van der Waals surface area contributed by atoms with Gasteiger partial charge in [-0.3, -0.25) is 14.4 Å². The maximum atomic E-state index is 12.8. The van der Waals surface area contributed by atoms with Crippen molar-refractivity contribution in [2.24, 2.45) is 5.92 Å². The Morgan fingerprint density at radius 1 is 1.40 bits per heavy atom. The van der Waals surface area contributed by atoms with Gasteiger partial charge in [-0.25, -0.2) is 0 Å². The summed E-state index contributed by atoms with van der Waals surface area (Å²) in [7, 11) is 1.20. The normalized spacial score (nSPS) is 21.6. The number of benzene rings is 1. The molecule has 30 heavy (non-hydrogen) atoms. The molecule has 0 saturated carbocycles. The number of hydrogen-bond donors (Lipinski definition) is 1. The largest absolute Gasteiger partial charge is 0.468 e. The summed E-state index contributed by atoms with van der Waals surface area (Å²) in [6.45, 7) is 2.01. The minimum Gasteiger partial charge on any atom is -0.468 e. The van der Waals surface area contributed by atoms with E-state index in [0.717, 1.165) is 16.2 Å². The molecule has 0 aliphatic carbocycles. The molecule has 1 fully saturated rings. The van der Waals surface area contributed by atoms with Gasteiger partial charge in [-0.2, -0.15) is 5.26 Å². The predicted molar refractivity (Wildman–Crippen MR) is 113 cm³/mol.